The third-order valence-corrected chi connectivity index (χ3v) is 12.5. The van der Waals surface area contributed by atoms with Crippen LogP contribution >= 0.6 is 0 Å². The van der Waals surface area contributed by atoms with Gasteiger partial charge >= 0.3 is 0 Å². The van der Waals surface area contributed by atoms with Crippen LogP contribution in [-0.4, -0.2) is 0 Å². The second-order valence-corrected chi connectivity index (χ2v) is 16.1. The molecule has 1 heterocycles. The molecule has 0 unspecified atom stereocenters. The first-order chi connectivity index (χ1) is 30.7. The minimum atomic E-state index is 0.895. The van der Waals surface area contributed by atoms with Crippen molar-refractivity contribution in [2.75, 3.05) is 4.90 Å². The average molecular weight is 790 g/mol. The van der Waals surface area contributed by atoms with Crippen LogP contribution in [0, 0.1) is 0 Å². The van der Waals surface area contributed by atoms with Crippen molar-refractivity contribution in [2.24, 2.45) is 0 Å². The van der Waals surface area contributed by atoms with Crippen LogP contribution in [-0.2, 0) is 0 Å². The molecule has 0 amide bonds. The minimum absolute atomic E-state index is 0.895. The average Bonchev–Trinajstić information content (AvgIpc) is 3.72. The Balaban J connectivity index is 1.05. The minimum Gasteiger partial charge on any atom is -0.456 e. The van der Waals surface area contributed by atoms with E-state index in [1.54, 1.807) is 0 Å². The molecule has 0 aliphatic heterocycles. The number of para-hydroxylation sites is 1. The van der Waals surface area contributed by atoms with Crippen LogP contribution in [0.15, 0.2) is 241 Å². The summed E-state index contributed by atoms with van der Waals surface area (Å²) in [5, 5.41) is 9.74. The maximum Gasteiger partial charge on any atom is 0.136 e. The van der Waals surface area contributed by atoms with Gasteiger partial charge in [-0.3, -0.25) is 0 Å². The van der Waals surface area contributed by atoms with Crippen molar-refractivity contribution in [3.8, 4) is 44.5 Å². The Morgan fingerprint density at radius 1 is 0.258 bits per heavy atom. The number of nitrogens with zero attached hydrogens (tertiary/aromatic N) is 1. The van der Waals surface area contributed by atoms with Gasteiger partial charge in [0.25, 0.3) is 0 Å². The van der Waals surface area contributed by atoms with E-state index in [4.69, 9.17) is 4.42 Å². The van der Waals surface area contributed by atoms with Gasteiger partial charge in [-0.15, -0.1) is 0 Å². The Hall–Kier alpha value is -8.20. The van der Waals surface area contributed by atoms with Gasteiger partial charge in [0.15, 0.2) is 0 Å². The van der Waals surface area contributed by atoms with Gasteiger partial charge in [0.1, 0.15) is 11.2 Å². The van der Waals surface area contributed by atoms with Gasteiger partial charge in [-0.25, -0.2) is 0 Å². The summed E-state index contributed by atoms with van der Waals surface area (Å²) in [6.07, 6.45) is 0. The summed E-state index contributed by atoms with van der Waals surface area (Å²) in [6, 6.07) is 85.7. The zero-order chi connectivity index (χ0) is 41.0. The van der Waals surface area contributed by atoms with Crippen LogP contribution in [0.2, 0.25) is 0 Å². The van der Waals surface area contributed by atoms with Gasteiger partial charge in [-0.05, 0) is 126 Å². The first-order valence-corrected chi connectivity index (χ1v) is 21.2. The van der Waals surface area contributed by atoms with Crippen molar-refractivity contribution in [2.45, 2.75) is 0 Å². The molecule has 12 aromatic rings. The van der Waals surface area contributed by atoms with E-state index < -0.39 is 0 Å². The van der Waals surface area contributed by atoms with E-state index in [1.807, 2.05) is 12.1 Å². The maximum absolute atomic E-state index is 6.30. The number of rotatable bonds is 7. The Kier molecular flexibility index (Phi) is 8.53. The second-order valence-electron chi connectivity index (χ2n) is 16.1. The van der Waals surface area contributed by atoms with Gasteiger partial charge in [0.2, 0.25) is 0 Å². The normalized spacial score (nSPS) is 11.5. The Morgan fingerprint density at radius 3 is 1.61 bits per heavy atom. The zero-order valence-electron chi connectivity index (χ0n) is 33.9. The molecule has 62 heavy (non-hydrogen) atoms. The lowest BCUT2D eigenvalue weighted by molar-refractivity contribution is 0.669. The highest BCUT2D eigenvalue weighted by atomic mass is 16.3. The highest BCUT2D eigenvalue weighted by molar-refractivity contribution is 6.14. The molecular weight excluding hydrogens is 751 g/mol. The molecule has 12 rings (SSSR count). The van der Waals surface area contributed by atoms with Crippen molar-refractivity contribution in [3.63, 3.8) is 0 Å². The molecule has 11 aromatic carbocycles. The predicted molar refractivity (Wildman–Crippen MR) is 263 cm³/mol. The van der Waals surface area contributed by atoms with Crippen molar-refractivity contribution >= 4 is 71.3 Å². The van der Waals surface area contributed by atoms with Crippen molar-refractivity contribution in [1.29, 1.82) is 0 Å². The van der Waals surface area contributed by atoms with Crippen molar-refractivity contribution in [1.82, 2.24) is 0 Å². The molecule has 0 aliphatic carbocycles. The lowest BCUT2D eigenvalue weighted by Gasteiger charge is -2.29. The molecule has 0 spiro atoms. The molecule has 0 N–H and O–H groups in total. The summed E-state index contributed by atoms with van der Waals surface area (Å²) in [4.78, 5) is 2.42. The number of benzene rings is 11. The fourth-order valence-electron chi connectivity index (χ4n) is 9.44. The van der Waals surface area contributed by atoms with E-state index in [2.05, 4.69) is 229 Å². The van der Waals surface area contributed by atoms with E-state index in [1.165, 1.54) is 49.0 Å². The maximum atomic E-state index is 6.30. The van der Waals surface area contributed by atoms with Gasteiger partial charge in [0, 0.05) is 27.7 Å². The molecular formula is C60H39NO. The van der Waals surface area contributed by atoms with Crippen LogP contribution in [0.4, 0.5) is 17.1 Å². The fourth-order valence-corrected chi connectivity index (χ4v) is 9.44. The SMILES string of the molecule is c1ccc(-c2ccc(-c3cc4ccccc4c4ccccc34)cc2N(c2ccc(-c3ccc4c(c3)oc3ccccc34)cc2)c2ccc(-c3cccc4ccccc34)cc2)cc1. The molecule has 0 radical (unpaired) electrons. The Labute approximate surface area is 360 Å². The Morgan fingerprint density at radius 2 is 0.823 bits per heavy atom. The van der Waals surface area contributed by atoms with E-state index in [0.717, 1.165) is 66.8 Å². The zero-order valence-corrected chi connectivity index (χ0v) is 33.9. The van der Waals surface area contributed by atoms with Gasteiger partial charge in [-0.2, -0.15) is 0 Å². The fraction of sp³-hybridized carbons (Fsp3) is 0. The molecule has 2 nitrogen and oxygen atoms in total. The monoisotopic (exact) mass is 789 g/mol. The summed E-state index contributed by atoms with van der Waals surface area (Å²) < 4.78 is 6.30. The molecule has 0 bridgehead atoms. The smallest absolute Gasteiger partial charge is 0.136 e. The Bertz CT molecular complexity index is 3610. The summed E-state index contributed by atoms with van der Waals surface area (Å²) in [6.45, 7) is 0. The molecule has 0 atom stereocenters. The first-order valence-electron chi connectivity index (χ1n) is 21.2. The number of hydrogen-bond acceptors (Lipinski definition) is 2. The van der Waals surface area contributed by atoms with E-state index in [-0.39, 0.29) is 0 Å². The number of furan rings is 1. The summed E-state index contributed by atoms with van der Waals surface area (Å²) in [5.74, 6) is 0. The predicted octanol–water partition coefficient (Wildman–Crippen LogP) is 17.2. The topological polar surface area (TPSA) is 16.4 Å². The lowest BCUT2D eigenvalue weighted by Crippen LogP contribution is -2.11. The highest BCUT2D eigenvalue weighted by Crippen LogP contribution is 2.46. The molecule has 0 saturated heterocycles. The summed E-state index contributed by atoms with van der Waals surface area (Å²) in [7, 11) is 0. The molecule has 290 valence electrons. The summed E-state index contributed by atoms with van der Waals surface area (Å²) in [5.41, 5.74) is 14.4. The van der Waals surface area contributed by atoms with E-state index in [9.17, 15) is 0 Å². The van der Waals surface area contributed by atoms with E-state index >= 15 is 0 Å². The molecule has 0 fully saturated rings. The van der Waals surface area contributed by atoms with Crippen LogP contribution in [0.1, 0.15) is 0 Å². The first kappa shape index (κ1) is 35.7. The van der Waals surface area contributed by atoms with Gasteiger partial charge < -0.3 is 9.32 Å². The largest absolute Gasteiger partial charge is 0.456 e. The second kappa shape index (κ2) is 14.8. The van der Waals surface area contributed by atoms with Crippen LogP contribution in [0.25, 0.3) is 98.8 Å². The van der Waals surface area contributed by atoms with Crippen molar-refractivity contribution in [3.05, 3.63) is 237 Å². The van der Waals surface area contributed by atoms with Crippen LogP contribution in [0.5, 0.6) is 0 Å². The van der Waals surface area contributed by atoms with Crippen LogP contribution in [0.3, 0.4) is 0 Å². The van der Waals surface area contributed by atoms with Gasteiger partial charge in [0.05, 0.1) is 5.69 Å². The summed E-state index contributed by atoms with van der Waals surface area (Å²) >= 11 is 0. The lowest BCUT2D eigenvalue weighted by atomic mass is 9.91. The number of anilines is 3. The number of fused-ring (bicyclic) bond motifs is 7. The molecule has 2 heteroatoms. The van der Waals surface area contributed by atoms with E-state index in [0.29, 0.717) is 0 Å². The van der Waals surface area contributed by atoms with Crippen LogP contribution < -0.4 is 4.90 Å². The third kappa shape index (κ3) is 6.12. The standard InChI is InChI=1S/C60H39NO/c1-2-13-42(14-3-1)52-35-30-46(57-37-45-16-5-7-19-51(45)53-20-8-9-21-54(53)57)38-58(52)61(48-33-27-43(28-34-48)50-23-12-17-41-15-4-6-18-49(41)50)47-31-25-40(26-32-47)44-29-36-56-55-22-10-11-24-59(55)62-60(56)39-44/h1-39H. The third-order valence-electron chi connectivity index (χ3n) is 12.5. The quantitative estimate of drug-likeness (QED) is 0.150. The molecule has 0 saturated carbocycles. The molecule has 1 aromatic heterocycles. The highest BCUT2D eigenvalue weighted by Gasteiger charge is 2.21. The molecule has 0 aliphatic rings. The van der Waals surface area contributed by atoms with Gasteiger partial charge in [-0.1, -0.05) is 182 Å². The number of hydrogen-bond donors (Lipinski definition) is 0. The van der Waals surface area contributed by atoms with Crippen molar-refractivity contribution < 1.29 is 4.42 Å².